The van der Waals surface area contributed by atoms with Gasteiger partial charge in [-0.25, -0.2) is 4.39 Å². The molecule has 0 saturated carbocycles. The van der Waals surface area contributed by atoms with Gasteiger partial charge in [-0.2, -0.15) is 8.42 Å². The van der Waals surface area contributed by atoms with Crippen molar-refractivity contribution in [2.24, 2.45) is 0 Å². The number of halogens is 1. The summed E-state index contributed by atoms with van der Waals surface area (Å²) in [6.07, 6.45) is 0. The molecule has 0 fully saturated rings. The molecule has 1 rings (SSSR count). The van der Waals surface area contributed by atoms with E-state index in [0.717, 1.165) is 26.4 Å². The van der Waals surface area contributed by atoms with Gasteiger partial charge >= 0.3 is 17.7 Å². The van der Waals surface area contributed by atoms with Crippen LogP contribution in [0, 0.1) is 5.82 Å². The molecular formula is C9H12FO6PS. The van der Waals surface area contributed by atoms with Crippen molar-refractivity contribution < 1.29 is 30.6 Å². The van der Waals surface area contributed by atoms with Gasteiger partial charge in [0.05, 0.1) is 0 Å². The van der Waals surface area contributed by atoms with Crippen LogP contribution in [0.25, 0.3) is 0 Å². The molecule has 102 valence electrons. The van der Waals surface area contributed by atoms with Crippen LogP contribution in [-0.4, -0.2) is 28.1 Å². The Morgan fingerprint density at radius 3 is 2.28 bits per heavy atom. The van der Waals surface area contributed by atoms with Crippen molar-refractivity contribution in [3.8, 4) is 5.75 Å². The third-order valence-electron chi connectivity index (χ3n) is 1.93. The van der Waals surface area contributed by atoms with E-state index in [4.69, 9.17) is 0 Å². The summed E-state index contributed by atoms with van der Waals surface area (Å²) < 4.78 is 61.4. The largest absolute Gasteiger partial charge is 0.379 e. The number of hydrogen-bond donors (Lipinski definition) is 0. The minimum Gasteiger partial charge on any atom is -0.379 e. The molecule has 1 aromatic rings. The summed E-state index contributed by atoms with van der Waals surface area (Å²) in [5.74, 6) is -1.32. The van der Waals surface area contributed by atoms with Crippen LogP contribution < -0.4 is 4.18 Å². The average molecular weight is 298 g/mol. The molecule has 18 heavy (non-hydrogen) atoms. The maximum atomic E-state index is 13.2. The maximum Gasteiger partial charge on any atom is 0.348 e. The predicted molar refractivity (Wildman–Crippen MR) is 62.4 cm³/mol. The van der Waals surface area contributed by atoms with Gasteiger partial charge in [0.1, 0.15) is 0 Å². The molecule has 0 amide bonds. The molecule has 0 radical (unpaired) electrons. The molecule has 6 nitrogen and oxygen atoms in total. The molecule has 0 aromatic heterocycles. The molecule has 0 N–H and O–H groups in total. The lowest BCUT2D eigenvalue weighted by molar-refractivity contribution is 0.279. The van der Waals surface area contributed by atoms with Crippen LogP contribution in [0.5, 0.6) is 5.75 Å². The van der Waals surface area contributed by atoms with Crippen molar-refractivity contribution in [3.63, 3.8) is 0 Å². The van der Waals surface area contributed by atoms with Crippen LogP contribution in [0.1, 0.15) is 0 Å². The Balaban J connectivity index is 2.90. The number of para-hydroxylation sites is 1. The van der Waals surface area contributed by atoms with Gasteiger partial charge in [-0.05, 0) is 12.1 Å². The highest BCUT2D eigenvalue weighted by Crippen LogP contribution is 2.47. The van der Waals surface area contributed by atoms with E-state index in [9.17, 15) is 17.4 Å². The Morgan fingerprint density at radius 2 is 1.78 bits per heavy atom. The molecule has 0 saturated heterocycles. The molecule has 0 spiro atoms. The first-order valence-corrected chi connectivity index (χ1v) is 7.99. The van der Waals surface area contributed by atoms with Crippen molar-refractivity contribution in [3.05, 3.63) is 30.1 Å². The topological polar surface area (TPSA) is 78.9 Å². The molecule has 0 bridgehead atoms. The van der Waals surface area contributed by atoms with Gasteiger partial charge in [0, 0.05) is 14.2 Å². The van der Waals surface area contributed by atoms with Crippen molar-refractivity contribution >= 4 is 17.7 Å². The van der Waals surface area contributed by atoms with E-state index in [1.165, 1.54) is 12.1 Å². The number of hydrogen-bond acceptors (Lipinski definition) is 6. The molecule has 0 heterocycles. The van der Waals surface area contributed by atoms with Crippen molar-refractivity contribution in [1.29, 1.82) is 0 Å². The fourth-order valence-corrected chi connectivity index (χ4v) is 4.21. The summed E-state index contributed by atoms with van der Waals surface area (Å²) in [4.78, 5) is 0. The van der Waals surface area contributed by atoms with Crippen LogP contribution in [0.3, 0.4) is 0 Å². The van der Waals surface area contributed by atoms with Gasteiger partial charge in [-0.3, -0.25) is 4.57 Å². The first-order chi connectivity index (χ1) is 8.32. The molecule has 0 atom stereocenters. The summed E-state index contributed by atoms with van der Waals surface area (Å²) in [7, 11) is -5.99. The Hall–Kier alpha value is -0.950. The van der Waals surface area contributed by atoms with Gasteiger partial charge in [-0.15, -0.1) is 0 Å². The van der Waals surface area contributed by atoms with E-state index in [-0.39, 0.29) is 0 Å². The third-order valence-corrected chi connectivity index (χ3v) is 6.00. The number of benzene rings is 1. The summed E-state index contributed by atoms with van der Waals surface area (Å²) >= 11 is 0. The summed E-state index contributed by atoms with van der Waals surface area (Å²) in [6, 6.07) is 4.96. The maximum absolute atomic E-state index is 13.2. The second-order valence-corrected chi connectivity index (χ2v) is 7.44. The Morgan fingerprint density at radius 1 is 1.22 bits per heavy atom. The van der Waals surface area contributed by atoms with E-state index < -0.39 is 34.8 Å². The lowest BCUT2D eigenvalue weighted by atomic mass is 10.3. The fourth-order valence-electron chi connectivity index (χ4n) is 1.05. The molecule has 1 aromatic carbocycles. The minimum atomic E-state index is -4.29. The Kier molecular flexibility index (Phi) is 4.86. The van der Waals surface area contributed by atoms with E-state index in [2.05, 4.69) is 13.2 Å². The predicted octanol–water partition coefficient (Wildman–Crippen LogP) is 1.98. The standard InChI is InChI=1S/C9H12FO6PS/c1-14-17(11,15-2)7-18(12,13)16-9-6-4-3-5-8(9)10/h3-6H,7H2,1-2H3. The van der Waals surface area contributed by atoms with Crippen LogP contribution in [0.2, 0.25) is 0 Å². The second kappa shape index (κ2) is 5.79. The normalized spacial score (nSPS) is 12.4. The summed E-state index contributed by atoms with van der Waals surface area (Å²) in [6.45, 7) is 0. The molecule has 0 aliphatic rings. The zero-order valence-corrected chi connectivity index (χ0v) is 11.4. The third kappa shape index (κ3) is 4.06. The first-order valence-electron chi connectivity index (χ1n) is 4.69. The van der Waals surface area contributed by atoms with Crippen LogP contribution in [0.4, 0.5) is 4.39 Å². The van der Waals surface area contributed by atoms with Crippen molar-refractivity contribution in [2.75, 3.05) is 19.7 Å². The lowest BCUT2D eigenvalue weighted by Gasteiger charge is -2.14. The van der Waals surface area contributed by atoms with Crippen molar-refractivity contribution in [2.45, 2.75) is 0 Å². The minimum absolute atomic E-state index is 0.476. The monoisotopic (exact) mass is 298 g/mol. The van der Waals surface area contributed by atoms with Gasteiger partial charge in [-0.1, -0.05) is 12.1 Å². The second-order valence-electron chi connectivity index (χ2n) is 3.18. The zero-order valence-electron chi connectivity index (χ0n) is 9.70. The lowest BCUT2D eigenvalue weighted by Crippen LogP contribution is -2.16. The molecule has 0 unspecified atom stereocenters. The summed E-state index contributed by atoms with van der Waals surface area (Å²) in [5, 5.41) is 0. The Bertz CT molecular complexity index is 550. The van der Waals surface area contributed by atoms with Gasteiger partial charge < -0.3 is 13.2 Å². The molecule has 0 aliphatic carbocycles. The SMILES string of the molecule is COP(=O)(CS(=O)(=O)Oc1ccccc1F)OC. The number of rotatable bonds is 6. The van der Waals surface area contributed by atoms with Gasteiger partial charge in [0.15, 0.2) is 17.1 Å². The molecular weight excluding hydrogens is 286 g/mol. The van der Waals surface area contributed by atoms with Crippen LogP contribution >= 0.6 is 7.60 Å². The van der Waals surface area contributed by atoms with Crippen LogP contribution in [-0.2, 0) is 23.7 Å². The highest BCUT2D eigenvalue weighted by Gasteiger charge is 2.32. The van der Waals surface area contributed by atoms with E-state index in [1.807, 2.05) is 0 Å². The molecule has 0 aliphatic heterocycles. The smallest absolute Gasteiger partial charge is 0.348 e. The average Bonchev–Trinajstić information content (AvgIpc) is 2.31. The highest BCUT2D eigenvalue weighted by molar-refractivity contribution is 7.94. The van der Waals surface area contributed by atoms with E-state index in [1.54, 1.807) is 0 Å². The van der Waals surface area contributed by atoms with Crippen molar-refractivity contribution in [1.82, 2.24) is 0 Å². The van der Waals surface area contributed by atoms with E-state index >= 15 is 0 Å². The Labute approximate surface area is 104 Å². The fraction of sp³-hybridized carbons (Fsp3) is 0.333. The van der Waals surface area contributed by atoms with Gasteiger partial charge in [0.2, 0.25) is 0 Å². The van der Waals surface area contributed by atoms with Crippen LogP contribution in [0.15, 0.2) is 24.3 Å². The molecule has 9 heteroatoms. The highest BCUT2D eigenvalue weighted by atomic mass is 32.2. The quantitative estimate of drug-likeness (QED) is 0.590. The van der Waals surface area contributed by atoms with E-state index in [0.29, 0.717) is 0 Å². The zero-order chi connectivity index (χ0) is 13.8. The first kappa shape index (κ1) is 15.1. The van der Waals surface area contributed by atoms with Gasteiger partial charge in [0.25, 0.3) is 0 Å². The summed E-state index contributed by atoms with van der Waals surface area (Å²) in [5.41, 5.74) is -0.999.